The second-order valence-corrected chi connectivity index (χ2v) is 5.45. The Hall–Kier alpha value is -1.35. The van der Waals surface area contributed by atoms with Crippen molar-refractivity contribution in [3.8, 4) is 0 Å². The molecule has 2 heterocycles. The van der Waals surface area contributed by atoms with E-state index < -0.39 is 0 Å². The lowest BCUT2D eigenvalue weighted by atomic mass is 9.71. The van der Waals surface area contributed by atoms with E-state index in [1.165, 1.54) is 12.0 Å². The Balaban J connectivity index is 2.00. The fraction of sp³-hybridized carbons (Fsp3) is 0.533. The van der Waals surface area contributed by atoms with Crippen molar-refractivity contribution in [2.24, 2.45) is 5.92 Å². The summed E-state index contributed by atoms with van der Waals surface area (Å²) in [5, 5.41) is 0. The molecule has 0 radical (unpaired) electrons. The Labute approximate surface area is 108 Å². The second-order valence-electron chi connectivity index (χ2n) is 5.45. The van der Waals surface area contributed by atoms with Gasteiger partial charge in [-0.25, -0.2) is 0 Å². The molecule has 2 N–H and O–H groups in total. The van der Waals surface area contributed by atoms with E-state index in [2.05, 4.69) is 17.9 Å². The molecule has 1 aliphatic carbocycles. The van der Waals surface area contributed by atoms with Crippen LogP contribution in [0.15, 0.2) is 24.3 Å². The van der Waals surface area contributed by atoms with Crippen molar-refractivity contribution in [1.82, 2.24) is 4.90 Å². The van der Waals surface area contributed by atoms with Gasteiger partial charge in [0.05, 0.1) is 0 Å². The third-order valence-electron chi connectivity index (χ3n) is 4.49. The number of benzene rings is 1. The molecule has 0 aromatic heterocycles. The molecule has 3 atom stereocenters. The van der Waals surface area contributed by atoms with Crippen molar-refractivity contribution in [3.05, 3.63) is 29.8 Å². The second kappa shape index (κ2) is 4.39. The zero-order valence-corrected chi connectivity index (χ0v) is 10.8. The normalized spacial score (nSPS) is 31.8. The fourth-order valence-corrected chi connectivity index (χ4v) is 3.72. The van der Waals surface area contributed by atoms with Crippen LogP contribution in [0.2, 0.25) is 0 Å². The molecule has 4 rings (SSSR count). The van der Waals surface area contributed by atoms with Crippen LogP contribution in [-0.4, -0.2) is 23.3 Å². The van der Waals surface area contributed by atoms with Gasteiger partial charge >= 0.3 is 0 Å². The lowest BCUT2D eigenvalue weighted by Gasteiger charge is -2.50. The molecule has 3 heteroatoms. The minimum atomic E-state index is 0.178. The highest BCUT2D eigenvalue weighted by molar-refractivity contribution is 5.84. The number of rotatable bonds is 2. The molecule has 18 heavy (non-hydrogen) atoms. The number of hydrogen-bond donors (Lipinski definition) is 1. The molecule has 2 saturated heterocycles. The molecule has 0 amide bonds. The van der Waals surface area contributed by atoms with Crippen molar-refractivity contribution in [3.63, 3.8) is 0 Å². The first-order valence-electron chi connectivity index (χ1n) is 6.84. The van der Waals surface area contributed by atoms with Crippen LogP contribution >= 0.6 is 0 Å². The van der Waals surface area contributed by atoms with Crippen LogP contribution in [0.1, 0.15) is 37.8 Å². The molecule has 1 aromatic carbocycles. The van der Waals surface area contributed by atoms with Gasteiger partial charge in [0.25, 0.3) is 0 Å². The first-order valence-corrected chi connectivity index (χ1v) is 6.84. The van der Waals surface area contributed by atoms with Gasteiger partial charge in [-0.15, -0.1) is 0 Å². The number of anilines is 1. The van der Waals surface area contributed by atoms with Crippen LogP contribution in [-0.2, 0) is 4.79 Å². The molecule has 0 spiro atoms. The maximum Gasteiger partial charge on any atom is 0.139 e. The Morgan fingerprint density at radius 1 is 1.39 bits per heavy atom. The molecular weight excluding hydrogens is 224 g/mol. The molecule has 3 fully saturated rings. The zero-order valence-electron chi connectivity index (χ0n) is 10.8. The van der Waals surface area contributed by atoms with Crippen molar-refractivity contribution >= 4 is 11.5 Å². The summed E-state index contributed by atoms with van der Waals surface area (Å²) in [5.41, 5.74) is 7.88. The predicted octanol–water partition coefficient (Wildman–Crippen LogP) is 2.38. The van der Waals surface area contributed by atoms with E-state index >= 15 is 0 Å². The Morgan fingerprint density at radius 2 is 2.22 bits per heavy atom. The number of carbonyl (C=O) groups excluding carboxylic acids is 1. The number of nitrogens with two attached hydrogens (primary N) is 1. The SMILES string of the molecule is CCN1C2CCC(C(=O)C2)C1c1cccc(N)c1. The van der Waals surface area contributed by atoms with Gasteiger partial charge in [0, 0.05) is 30.1 Å². The van der Waals surface area contributed by atoms with E-state index in [9.17, 15) is 4.79 Å². The highest BCUT2D eigenvalue weighted by Gasteiger charge is 2.46. The van der Waals surface area contributed by atoms with Crippen molar-refractivity contribution in [2.45, 2.75) is 38.3 Å². The molecule has 3 nitrogen and oxygen atoms in total. The summed E-state index contributed by atoms with van der Waals surface area (Å²) >= 11 is 0. The molecule has 3 unspecified atom stereocenters. The van der Waals surface area contributed by atoms with Crippen molar-refractivity contribution in [1.29, 1.82) is 0 Å². The van der Waals surface area contributed by atoms with Crippen molar-refractivity contribution < 1.29 is 4.79 Å². The van der Waals surface area contributed by atoms with E-state index in [0.29, 0.717) is 11.8 Å². The Bertz CT molecular complexity index is 471. The number of carbonyl (C=O) groups is 1. The summed E-state index contributed by atoms with van der Waals surface area (Å²) < 4.78 is 0. The topological polar surface area (TPSA) is 46.3 Å². The number of Topliss-reactive ketones (excluding diaryl/α,β-unsaturated/α-hetero) is 1. The van der Waals surface area contributed by atoms with Gasteiger partial charge in [0.1, 0.15) is 5.78 Å². The summed E-state index contributed by atoms with van der Waals surface area (Å²) in [6, 6.07) is 8.73. The van der Waals surface area contributed by atoms with Gasteiger partial charge in [-0.3, -0.25) is 9.69 Å². The molecule has 1 saturated carbocycles. The zero-order chi connectivity index (χ0) is 12.7. The number of fused-ring (bicyclic) bond motifs is 3. The van der Waals surface area contributed by atoms with Gasteiger partial charge in [-0.1, -0.05) is 19.1 Å². The van der Waals surface area contributed by atoms with Crippen LogP contribution in [0.4, 0.5) is 5.69 Å². The quantitative estimate of drug-likeness (QED) is 0.812. The summed E-state index contributed by atoms with van der Waals surface area (Å²) in [6.45, 7) is 3.19. The monoisotopic (exact) mass is 244 g/mol. The van der Waals surface area contributed by atoms with Crippen LogP contribution in [0.3, 0.4) is 0 Å². The summed E-state index contributed by atoms with van der Waals surface area (Å²) in [7, 11) is 0. The number of hydrogen-bond acceptors (Lipinski definition) is 3. The minimum Gasteiger partial charge on any atom is -0.399 e. The fourth-order valence-electron chi connectivity index (χ4n) is 3.72. The van der Waals surface area contributed by atoms with Crippen LogP contribution in [0.5, 0.6) is 0 Å². The lowest BCUT2D eigenvalue weighted by molar-refractivity contribution is -0.137. The largest absolute Gasteiger partial charge is 0.399 e. The molecule has 1 aromatic rings. The van der Waals surface area contributed by atoms with E-state index in [1.807, 2.05) is 18.2 Å². The van der Waals surface area contributed by atoms with E-state index in [1.54, 1.807) is 0 Å². The van der Waals surface area contributed by atoms with Crippen molar-refractivity contribution in [2.75, 3.05) is 12.3 Å². The third-order valence-corrected chi connectivity index (χ3v) is 4.49. The van der Waals surface area contributed by atoms with E-state index in [-0.39, 0.29) is 12.0 Å². The average molecular weight is 244 g/mol. The van der Waals surface area contributed by atoms with Gasteiger partial charge in [-0.05, 0) is 37.1 Å². The standard InChI is InChI=1S/C15H20N2O/c1-2-17-12-6-7-13(14(18)9-12)15(17)10-4-3-5-11(16)8-10/h3-5,8,12-13,15H,2,6-7,9,16H2,1H3. The average Bonchev–Trinajstić information content (AvgIpc) is 2.38. The minimum absolute atomic E-state index is 0.178. The summed E-state index contributed by atoms with van der Waals surface area (Å²) in [4.78, 5) is 14.6. The lowest BCUT2D eigenvalue weighted by Crippen LogP contribution is -2.54. The first kappa shape index (κ1) is 11.7. The van der Waals surface area contributed by atoms with Crippen LogP contribution in [0, 0.1) is 5.92 Å². The first-order chi connectivity index (χ1) is 8.70. The molecule has 2 aliphatic heterocycles. The Morgan fingerprint density at radius 3 is 2.89 bits per heavy atom. The summed E-state index contributed by atoms with van der Waals surface area (Å²) in [6.07, 6.45) is 2.96. The van der Waals surface area contributed by atoms with Gasteiger partial charge in [0.15, 0.2) is 0 Å². The van der Waals surface area contributed by atoms with Crippen LogP contribution < -0.4 is 5.73 Å². The number of piperidine rings is 2. The van der Waals surface area contributed by atoms with Crippen LogP contribution in [0.25, 0.3) is 0 Å². The predicted molar refractivity (Wildman–Crippen MR) is 72.1 cm³/mol. The van der Waals surface area contributed by atoms with E-state index in [0.717, 1.165) is 25.1 Å². The highest BCUT2D eigenvalue weighted by atomic mass is 16.1. The molecule has 2 bridgehead atoms. The number of nitrogens with zero attached hydrogens (tertiary/aromatic N) is 1. The maximum absolute atomic E-state index is 12.1. The Kier molecular flexibility index (Phi) is 2.86. The van der Waals surface area contributed by atoms with E-state index in [4.69, 9.17) is 5.73 Å². The number of ketones is 1. The smallest absolute Gasteiger partial charge is 0.139 e. The molecule has 3 aliphatic rings. The van der Waals surface area contributed by atoms with Gasteiger partial charge in [0.2, 0.25) is 0 Å². The third kappa shape index (κ3) is 1.74. The summed E-state index contributed by atoms with van der Waals surface area (Å²) in [5.74, 6) is 0.625. The molecule has 96 valence electrons. The number of nitrogen functional groups attached to an aromatic ring is 1. The molecular formula is C15H20N2O. The highest BCUT2D eigenvalue weighted by Crippen LogP contribution is 2.45. The maximum atomic E-state index is 12.1. The van der Waals surface area contributed by atoms with Gasteiger partial charge < -0.3 is 5.73 Å². The van der Waals surface area contributed by atoms with Gasteiger partial charge in [-0.2, -0.15) is 0 Å².